The summed E-state index contributed by atoms with van der Waals surface area (Å²) >= 11 is 0. The molecule has 4 aromatic rings. The van der Waals surface area contributed by atoms with Crippen LogP contribution in [0, 0.1) is 0 Å². The lowest BCUT2D eigenvalue weighted by Gasteiger charge is -2.09. The van der Waals surface area contributed by atoms with Gasteiger partial charge in [-0.05, 0) is 29.8 Å². The Kier molecular flexibility index (Phi) is 4.37. The SMILES string of the molecule is O=c1cc(-c2ccc(OCc3ccccc3)cc2)oc2cc(O)c(O)c(O)c12. The Hall–Kier alpha value is -3.93. The maximum Gasteiger partial charge on any atom is 0.201 e. The van der Waals surface area contributed by atoms with Gasteiger partial charge in [-0.2, -0.15) is 0 Å². The molecule has 0 fully saturated rings. The summed E-state index contributed by atoms with van der Waals surface area (Å²) in [5.41, 5.74) is 1.11. The lowest BCUT2D eigenvalue weighted by atomic mass is 10.1. The fourth-order valence-corrected chi connectivity index (χ4v) is 2.88. The van der Waals surface area contributed by atoms with Crippen LogP contribution in [0.1, 0.15) is 5.56 Å². The molecule has 4 rings (SSSR count). The van der Waals surface area contributed by atoms with Gasteiger partial charge in [-0.1, -0.05) is 30.3 Å². The third kappa shape index (κ3) is 3.23. The standard InChI is InChI=1S/C22H16O6/c23-16-10-18(28-19-11-17(24)21(25)22(26)20(16)19)14-6-8-15(9-7-14)27-12-13-4-2-1-3-5-13/h1-11,24-26H,12H2. The summed E-state index contributed by atoms with van der Waals surface area (Å²) in [6, 6.07) is 19.1. The molecule has 140 valence electrons. The first-order valence-corrected chi connectivity index (χ1v) is 8.52. The van der Waals surface area contributed by atoms with E-state index in [0.717, 1.165) is 11.6 Å². The van der Waals surface area contributed by atoms with Crippen molar-refractivity contribution in [3.8, 4) is 34.3 Å². The van der Waals surface area contributed by atoms with Gasteiger partial charge in [0.15, 0.2) is 16.9 Å². The largest absolute Gasteiger partial charge is 0.504 e. The van der Waals surface area contributed by atoms with E-state index >= 15 is 0 Å². The molecule has 1 heterocycles. The number of hydrogen-bond acceptors (Lipinski definition) is 6. The van der Waals surface area contributed by atoms with Gasteiger partial charge in [0.05, 0.1) is 0 Å². The molecule has 0 aliphatic rings. The van der Waals surface area contributed by atoms with Crippen molar-refractivity contribution in [2.24, 2.45) is 0 Å². The van der Waals surface area contributed by atoms with Crippen LogP contribution in [-0.2, 0) is 6.61 Å². The molecule has 0 radical (unpaired) electrons. The van der Waals surface area contributed by atoms with Crippen molar-refractivity contribution in [2.45, 2.75) is 6.61 Å². The lowest BCUT2D eigenvalue weighted by molar-refractivity contribution is 0.306. The Morgan fingerprint density at radius 1 is 0.857 bits per heavy atom. The molecule has 6 nitrogen and oxygen atoms in total. The number of fused-ring (bicyclic) bond motifs is 1. The third-order valence-corrected chi connectivity index (χ3v) is 4.33. The Morgan fingerprint density at radius 3 is 2.29 bits per heavy atom. The molecule has 0 aliphatic carbocycles. The minimum absolute atomic E-state index is 0.0281. The smallest absolute Gasteiger partial charge is 0.201 e. The number of rotatable bonds is 4. The van der Waals surface area contributed by atoms with Gasteiger partial charge in [-0.3, -0.25) is 4.79 Å². The minimum Gasteiger partial charge on any atom is -0.504 e. The van der Waals surface area contributed by atoms with Crippen LogP contribution in [0.4, 0.5) is 0 Å². The van der Waals surface area contributed by atoms with E-state index in [9.17, 15) is 20.1 Å². The monoisotopic (exact) mass is 376 g/mol. The van der Waals surface area contributed by atoms with Crippen molar-refractivity contribution in [2.75, 3.05) is 0 Å². The van der Waals surface area contributed by atoms with E-state index in [1.165, 1.54) is 6.07 Å². The van der Waals surface area contributed by atoms with Gasteiger partial charge < -0.3 is 24.5 Å². The first-order valence-electron chi connectivity index (χ1n) is 8.52. The minimum atomic E-state index is -0.757. The molecule has 28 heavy (non-hydrogen) atoms. The van der Waals surface area contributed by atoms with Crippen LogP contribution in [0.5, 0.6) is 23.0 Å². The van der Waals surface area contributed by atoms with Crippen molar-refractivity contribution in [3.05, 3.63) is 82.5 Å². The number of ether oxygens (including phenoxy) is 1. The highest BCUT2D eigenvalue weighted by molar-refractivity contribution is 5.89. The Balaban J connectivity index is 1.63. The molecule has 0 unspecified atom stereocenters. The van der Waals surface area contributed by atoms with E-state index in [1.54, 1.807) is 24.3 Å². The zero-order valence-corrected chi connectivity index (χ0v) is 14.6. The molecular weight excluding hydrogens is 360 g/mol. The molecule has 0 aliphatic heterocycles. The third-order valence-electron chi connectivity index (χ3n) is 4.33. The van der Waals surface area contributed by atoms with E-state index in [-0.39, 0.29) is 16.7 Å². The molecule has 0 amide bonds. The quantitative estimate of drug-likeness (QED) is 0.463. The average molecular weight is 376 g/mol. The van der Waals surface area contributed by atoms with Crippen LogP contribution in [0.15, 0.2) is 75.9 Å². The van der Waals surface area contributed by atoms with Gasteiger partial charge in [0.25, 0.3) is 0 Å². The van der Waals surface area contributed by atoms with Crippen molar-refractivity contribution in [1.29, 1.82) is 0 Å². The highest BCUT2D eigenvalue weighted by Crippen LogP contribution is 2.40. The van der Waals surface area contributed by atoms with Gasteiger partial charge in [0.2, 0.25) is 5.75 Å². The predicted octanol–water partition coefficient (Wildman–Crippen LogP) is 4.16. The fourth-order valence-electron chi connectivity index (χ4n) is 2.88. The molecule has 6 heteroatoms. The molecular formula is C22H16O6. The molecule has 1 aromatic heterocycles. The van der Waals surface area contributed by atoms with Gasteiger partial charge in [-0.25, -0.2) is 0 Å². The number of phenols is 3. The van der Waals surface area contributed by atoms with E-state index in [2.05, 4.69) is 0 Å². The van der Waals surface area contributed by atoms with Crippen molar-refractivity contribution in [1.82, 2.24) is 0 Å². The van der Waals surface area contributed by atoms with Crippen molar-refractivity contribution < 1.29 is 24.5 Å². The first-order chi connectivity index (χ1) is 13.5. The van der Waals surface area contributed by atoms with E-state index in [1.807, 2.05) is 30.3 Å². The van der Waals surface area contributed by atoms with Crippen LogP contribution in [0.25, 0.3) is 22.3 Å². The van der Waals surface area contributed by atoms with Crippen LogP contribution in [0.2, 0.25) is 0 Å². The summed E-state index contributed by atoms with van der Waals surface area (Å²) in [6.45, 7) is 0.438. The van der Waals surface area contributed by atoms with Crippen LogP contribution in [0.3, 0.4) is 0 Å². The summed E-state index contributed by atoms with van der Waals surface area (Å²) in [6.07, 6.45) is 0. The van der Waals surface area contributed by atoms with Gasteiger partial charge >= 0.3 is 0 Å². The number of aromatic hydroxyl groups is 3. The van der Waals surface area contributed by atoms with Crippen LogP contribution in [-0.4, -0.2) is 15.3 Å². The first kappa shape index (κ1) is 17.5. The molecule has 0 bridgehead atoms. The summed E-state index contributed by atoms with van der Waals surface area (Å²) in [5.74, 6) is -1.12. The van der Waals surface area contributed by atoms with E-state index in [0.29, 0.717) is 17.9 Å². The number of hydrogen-bond donors (Lipinski definition) is 3. The lowest BCUT2D eigenvalue weighted by Crippen LogP contribution is -2.01. The summed E-state index contributed by atoms with van der Waals surface area (Å²) in [7, 11) is 0. The Labute approximate surface area is 159 Å². The second-order valence-corrected chi connectivity index (χ2v) is 6.24. The number of benzene rings is 3. The number of phenolic OH excluding ortho intramolecular Hbond substituents is 3. The second kappa shape index (κ2) is 7.00. The molecule has 0 saturated carbocycles. The van der Waals surface area contributed by atoms with Gasteiger partial charge in [0, 0.05) is 17.7 Å². The Morgan fingerprint density at radius 2 is 1.57 bits per heavy atom. The molecule has 0 saturated heterocycles. The molecule has 3 N–H and O–H groups in total. The average Bonchev–Trinajstić information content (AvgIpc) is 2.71. The fraction of sp³-hybridized carbons (Fsp3) is 0.0455. The normalized spacial score (nSPS) is 10.9. The topological polar surface area (TPSA) is 100 Å². The predicted molar refractivity (Wildman–Crippen MR) is 104 cm³/mol. The van der Waals surface area contributed by atoms with Gasteiger partial charge in [-0.15, -0.1) is 0 Å². The highest BCUT2D eigenvalue weighted by Gasteiger charge is 2.17. The molecule has 0 atom stereocenters. The van der Waals surface area contributed by atoms with Crippen molar-refractivity contribution >= 4 is 11.0 Å². The zero-order chi connectivity index (χ0) is 19.7. The van der Waals surface area contributed by atoms with Gasteiger partial charge in [0.1, 0.15) is 29.1 Å². The maximum atomic E-state index is 12.3. The maximum absolute atomic E-state index is 12.3. The zero-order valence-electron chi connectivity index (χ0n) is 14.6. The van der Waals surface area contributed by atoms with E-state index in [4.69, 9.17) is 9.15 Å². The summed E-state index contributed by atoms with van der Waals surface area (Å²) in [5, 5.41) is 28.9. The Bertz CT molecular complexity index is 1190. The summed E-state index contributed by atoms with van der Waals surface area (Å²) in [4.78, 5) is 12.3. The molecule has 0 spiro atoms. The second-order valence-electron chi connectivity index (χ2n) is 6.24. The van der Waals surface area contributed by atoms with Crippen LogP contribution >= 0.6 is 0 Å². The summed E-state index contributed by atoms with van der Waals surface area (Å²) < 4.78 is 11.4. The van der Waals surface area contributed by atoms with Crippen molar-refractivity contribution in [3.63, 3.8) is 0 Å². The van der Waals surface area contributed by atoms with E-state index < -0.39 is 22.7 Å². The highest BCUT2D eigenvalue weighted by atomic mass is 16.5. The van der Waals surface area contributed by atoms with Crippen LogP contribution < -0.4 is 10.2 Å². The molecule has 3 aromatic carbocycles.